The van der Waals surface area contributed by atoms with Crippen LogP contribution in [0.5, 0.6) is 0 Å². The molecule has 1 heterocycles. The van der Waals surface area contributed by atoms with E-state index in [1.165, 1.54) is 12.2 Å². The Labute approximate surface area is 115 Å². The van der Waals surface area contributed by atoms with Crippen molar-refractivity contribution in [1.82, 2.24) is 0 Å². The third-order valence-electron chi connectivity index (χ3n) is 2.97. The van der Waals surface area contributed by atoms with Gasteiger partial charge in [-0.25, -0.2) is 0 Å². The lowest BCUT2D eigenvalue weighted by atomic mass is 10.1. The van der Waals surface area contributed by atoms with Crippen molar-refractivity contribution in [3.63, 3.8) is 0 Å². The van der Waals surface area contributed by atoms with Crippen molar-refractivity contribution in [1.29, 1.82) is 0 Å². The summed E-state index contributed by atoms with van der Waals surface area (Å²) in [5.74, 6) is 2.44. The van der Waals surface area contributed by atoms with Gasteiger partial charge in [-0.3, -0.25) is 4.79 Å². The molecule has 0 radical (unpaired) electrons. The molecule has 0 bridgehead atoms. The van der Waals surface area contributed by atoms with Gasteiger partial charge in [-0.1, -0.05) is 11.6 Å². The first-order chi connectivity index (χ1) is 8.58. The van der Waals surface area contributed by atoms with Crippen LogP contribution in [0.2, 0.25) is 5.02 Å². The Morgan fingerprint density at radius 3 is 2.94 bits per heavy atom. The fraction of sp³-hybridized carbons (Fsp3) is 0.417. The van der Waals surface area contributed by atoms with Gasteiger partial charge in [-0.2, -0.15) is 11.8 Å². The Morgan fingerprint density at radius 2 is 2.33 bits per heavy atom. The highest BCUT2D eigenvalue weighted by atomic mass is 35.5. The van der Waals surface area contributed by atoms with Crippen molar-refractivity contribution < 1.29 is 4.79 Å². The number of amides is 1. The fourth-order valence-corrected chi connectivity index (χ4v) is 3.57. The molecule has 6 heteroatoms. The van der Waals surface area contributed by atoms with Crippen LogP contribution in [0.4, 0.5) is 11.4 Å². The van der Waals surface area contributed by atoms with Crippen LogP contribution >= 0.6 is 23.4 Å². The van der Waals surface area contributed by atoms with Gasteiger partial charge in [-0.05, 0) is 36.0 Å². The molecule has 18 heavy (non-hydrogen) atoms. The molecule has 0 saturated carbocycles. The molecule has 1 atom stereocenters. The maximum absolute atomic E-state index is 11.4. The summed E-state index contributed by atoms with van der Waals surface area (Å²) in [5, 5.41) is 3.67. The predicted octanol–water partition coefficient (Wildman–Crippen LogP) is 2.19. The molecular formula is C12H16ClN3OS. The summed E-state index contributed by atoms with van der Waals surface area (Å²) in [6.45, 7) is 0.802. The van der Waals surface area contributed by atoms with E-state index in [1.807, 2.05) is 11.8 Å². The first-order valence-electron chi connectivity index (χ1n) is 5.78. The zero-order chi connectivity index (χ0) is 13.1. The van der Waals surface area contributed by atoms with Gasteiger partial charge in [0.05, 0.1) is 16.3 Å². The third kappa shape index (κ3) is 3.03. The summed E-state index contributed by atoms with van der Waals surface area (Å²) in [6.07, 6.45) is 1.19. The topological polar surface area (TPSA) is 81.1 Å². The average Bonchev–Trinajstić information content (AvgIpc) is 2.79. The van der Waals surface area contributed by atoms with Crippen molar-refractivity contribution >= 4 is 40.6 Å². The Morgan fingerprint density at radius 1 is 1.56 bits per heavy atom. The van der Waals surface area contributed by atoms with Crippen molar-refractivity contribution in [2.75, 3.05) is 29.1 Å². The van der Waals surface area contributed by atoms with E-state index >= 15 is 0 Å². The van der Waals surface area contributed by atoms with Crippen LogP contribution in [0.15, 0.2) is 12.1 Å². The third-order valence-corrected chi connectivity index (χ3v) is 4.50. The van der Waals surface area contributed by atoms with Crippen LogP contribution in [0, 0.1) is 5.92 Å². The fourth-order valence-electron chi connectivity index (χ4n) is 1.99. The van der Waals surface area contributed by atoms with Crippen LogP contribution in [0.3, 0.4) is 0 Å². The first kappa shape index (κ1) is 13.4. The van der Waals surface area contributed by atoms with E-state index in [9.17, 15) is 4.79 Å². The van der Waals surface area contributed by atoms with Gasteiger partial charge in [0, 0.05) is 12.2 Å². The zero-order valence-corrected chi connectivity index (χ0v) is 11.5. The van der Waals surface area contributed by atoms with E-state index in [2.05, 4.69) is 5.32 Å². The van der Waals surface area contributed by atoms with Crippen molar-refractivity contribution in [2.45, 2.75) is 6.42 Å². The van der Waals surface area contributed by atoms with Crippen molar-refractivity contribution in [2.24, 2.45) is 11.7 Å². The average molecular weight is 286 g/mol. The molecule has 0 spiro atoms. The number of carbonyl (C=O) groups excluding carboxylic acids is 1. The van der Waals surface area contributed by atoms with Gasteiger partial charge in [0.25, 0.3) is 5.91 Å². The van der Waals surface area contributed by atoms with Crippen LogP contribution in [0.1, 0.15) is 16.8 Å². The van der Waals surface area contributed by atoms with Crippen LogP contribution in [-0.2, 0) is 0 Å². The van der Waals surface area contributed by atoms with E-state index in [0.29, 0.717) is 27.9 Å². The summed E-state index contributed by atoms with van der Waals surface area (Å²) in [5.41, 5.74) is 12.4. The standard InChI is InChI=1S/C12H16ClN3OS/c13-10-4-8(14)3-9(12(15)17)11(10)16-5-7-1-2-18-6-7/h3-4,7,16H,1-2,5-6,14H2,(H2,15,17). The van der Waals surface area contributed by atoms with E-state index in [1.54, 1.807) is 12.1 Å². The maximum atomic E-state index is 11.4. The lowest BCUT2D eigenvalue weighted by molar-refractivity contribution is 0.100. The highest BCUT2D eigenvalue weighted by Gasteiger charge is 2.18. The molecule has 0 aliphatic carbocycles. The van der Waals surface area contributed by atoms with E-state index in [0.717, 1.165) is 12.3 Å². The second kappa shape index (κ2) is 5.71. The van der Waals surface area contributed by atoms with Gasteiger partial charge < -0.3 is 16.8 Å². The number of nitrogens with two attached hydrogens (primary N) is 2. The normalized spacial score (nSPS) is 18.8. The number of nitrogen functional groups attached to an aromatic ring is 1. The molecule has 2 rings (SSSR count). The first-order valence-corrected chi connectivity index (χ1v) is 7.31. The van der Waals surface area contributed by atoms with Gasteiger partial charge in [0.1, 0.15) is 0 Å². The van der Waals surface area contributed by atoms with E-state index in [-0.39, 0.29) is 0 Å². The number of halogens is 1. The monoisotopic (exact) mass is 285 g/mol. The van der Waals surface area contributed by atoms with Gasteiger partial charge >= 0.3 is 0 Å². The molecule has 0 aromatic heterocycles. The summed E-state index contributed by atoms with van der Waals surface area (Å²) in [6, 6.07) is 3.18. The molecule has 4 nitrogen and oxygen atoms in total. The van der Waals surface area contributed by atoms with Gasteiger partial charge in [0.2, 0.25) is 0 Å². The minimum Gasteiger partial charge on any atom is -0.399 e. The number of rotatable bonds is 4. The molecule has 1 unspecified atom stereocenters. The second-order valence-electron chi connectivity index (χ2n) is 4.40. The van der Waals surface area contributed by atoms with Crippen LogP contribution < -0.4 is 16.8 Å². The van der Waals surface area contributed by atoms with Gasteiger partial charge in [-0.15, -0.1) is 0 Å². The van der Waals surface area contributed by atoms with Crippen LogP contribution in [0.25, 0.3) is 0 Å². The number of nitrogens with one attached hydrogen (secondary N) is 1. The predicted molar refractivity (Wildman–Crippen MR) is 78.3 cm³/mol. The molecule has 98 valence electrons. The molecule has 1 aromatic carbocycles. The van der Waals surface area contributed by atoms with E-state index in [4.69, 9.17) is 23.1 Å². The molecule has 1 saturated heterocycles. The minimum absolute atomic E-state index is 0.352. The number of hydrogen-bond donors (Lipinski definition) is 3. The molecule has 1 aromatic rings. The quantitative estimate of drug-likeness (QED) is 0.741. The summed E-state index contributed by atoms with van der Waals surface area (Å²) >= 11 is 8.06. The molecule has 1 aliphatic rings. The zero-order valence-electron chi connectivity index (χ0n) is 9.91. The van der Waals surface area contributed by atoms with Gasteiger partial charge in [0.15, 0.2) is 0 Å². The highest BCUT2D eigenvalue weighted by Crippen LogP contribution is 2.30. The number of hydrogen-bond acceptors (Lipinski definition) is 4. The smallest absolute Gasteiger partial charge is 0.250 e. The number of benzene rings is 1. The Kier molecular flexibility index (Phi) is 4.24. The van der Waals surface area contributed by atoms with E-state index < -0.39 is 5.91 Å². The van der Waals surface area contributed by atoms with Crippen LogP contribution in [-0.4, -0.2) is 24.0 Å². The van der Waals surface area contributed by atoms with Crippen molar-refractivity contribution in [3.05, 3.63) is 22.7 Å². The molecular weight excluding hydrogens is 270 g/mol. The Hall–Kier alpha value is -1.07. The maximum Gasteiger partial charge on any atom is 0.250 e. The summed E-state index contributed by atoms with van der Waals surface area (Å²) in [7, 11) is 0. The molecule has 5 N–H and O–H groups in total. The lowest BCUT2D eigenvalue weighted by Crippen LogP contribution is -2.19. The number of carbonyl (C=O) groups is 1. The highest BCUT2D eigenvalue weighted by molar-refractivity contribution is 7.99. The number of anilines is 2. The molecule has 1 aliphatic heterocycles. The number of thioether (sulfide) groups is 1. The number of primary amides is 1. The summed E-state index contributed by atoms with van der Waals surface area (Å²) < 4.78 is 0. The second-order valence-corrected chi connectivity index (χ2v) is 5.96. The largest absolute Gasteiger partial charge is 0.399 e. The SMILES string of the molecule is NC(=O)c1cc(N)cc(Cl)c1NCC1CCSC1. The summed E-state index contributed by atoms with van der Waals surface area (Å²) in [4.78, 5) is 11.4. The Balaban J connectivity index is 2.17. The lowest BCUT2D eigenvalue weighted by Gasteiger charge is -2.15. The molecule has 1 amide bonds. The Bertz CT molecular complexity index is 461. The molecule has 1 fully saturated rings. The van der Waals surface area contributed by atoms with Crippen molar-refractivity contribution in [3.8, 4) is 0 Å². The minimum atomic E-state index is -0.521.